The molecule has 11 heteroatoms. The van der Waals surface area contributed by atoms with E-state index in [-0.39, 0.29) is 23.5 Å². The average molecular weight is 646 g/mol. The molecule has 0 aromatic heterocycles. The number of aliphatic imine (C=N–C) groups is 1. The molecule has 2 atom stereocenters. The van der Waals surface area contributed by atoms with Crippen molar-refractivity contribution in [1.29, 1.82) is 0 Å². The molecule has 47 heavy (non-hydrogen) atoms. The third-order valence-corrected chi connectivity index (χ3v) is 9.27. The first-order valence-electron chi connectivity index (χ1n) is 16.8. The number of likely N-dealkylation sites (tertiary alicyclic amines) is 1. The maximum Gasteiger partial charge on any atom is 0.316 e. The topological polar surface area (TPSA) is 143 Å². The summed E-state index contributed by atoms with van der Waals surface area (Å²) in [5.41, 5.74) is 2.66. The van der Waals surface area contributed by atoms with Crippen LogP contribution in [0.1, 0.15) is 76.8 Å². The van der Waals surface area contributed by atoms with E-state index in [9.17, 15) is 24.5 Å². The molecule has 2 aliphatic rings. The predicted octanol–water partition coefficient (Wildman–Crippen LogP) is 5.06. The Balaban J connectivity index is 1.48. The van der Waals surface area contributed by atoms with Gasteiger partial charge in [0.2, 0.25) is 11.8 Å². The Hall–Kier alpha value is -4.38. The zero-order valence-electron chi connectivity index (χ0n) is 27.9. The fraction of sp³-hybridized carbons (Fsp3) is 0.500. The Morgan fingerprint density at radius 3 is 2.23 bits per heavy atom. The summed E-state index contributed by atoms with van der Waals surface area (Å²) in [6, 6.07) is 16.0. The minimum atomic E-state index is -0.713. The summed E-state index contributed by atoms with van der Waals surface area (Å²) in [6.45, 7) is 10.9. The molecule has 2 heterocycles. The van der Waals surface area contributed by atoms with Gasteiger partial charge in [-0.2, -0.15) is 0 Å². The summed E-state index contributed by atoms with van der Waals surface area (Å²) in [4.78, 5) is 58.5. The van der Waals surface area contributed by atoms with Crippen molar-refractivity contribution in [2.45, 2.75) is 71.1 Å². The number of carbonyl (C=O) groups is 3. The number of esters is 1. The number of nitro groups is 1. The predicted molar refractivity (Wildman–Crippen MR) is 181 cm³/mol. The Labute approximate surface area is 277 Å². The van der Waals surface area contributed by atoms with E-state index in [4.69, 9.17) is 9.73 Å². The number of allylic oxidation sites excluding steroid dienone is 1. The van der Waals surface area contributed by atoms with E-state index < -0.39 is 22.2 Å². The lowest BCUT2D eigenvalue weighted by atomic mass is 9.72. The van der Waals surface area contributed by atoms with E-state index in [2.05, 4.69) is 15.5 Å². The molecule has 4 rings (SSSR count). The first-order valence-corrected chi connectivity index (χ1v) is 16.8. The fourth-order valence-corrected chi connectivity index (χ4v) is 6.83. The number of nitrogens with zero attached hydrogens (tertiary/aromatic N) is 3. The van der Waals surface area contributed by atoms with Crippen LogP contribution < -0.4 is 10.6 Å². The molecule has 2 N–H and O–H groups in total. The van der Waals surface area contributed by atoms with Crippen LogP contribution in [0.3, 0.4) is 0 Å². The lowest BCUT2D eigenvalue weighted by Crippen LogP contribution is -2.48. The van der Waals surface area contributed by atoms with Crippen LogP contribution in [0.15, 0.2) is 70.9 Å². The van der Waals surface area contributed by atoms with Gasteiger partial charge >= 0.3 is 5.97 Å². The van der Waals surface area contributed by atoms with Crippen molar-refractivity contribution in [3.63, 3.8) is 0 Å². The number of ether oxygens (including phenoxy) is 1. The first kappa shape index (κ1) is 35.5. The third-order valence-electron chi connectivity index (χ3n) is 9.27. The smallest absolute Gasteiger partial charge is 0.316 e. The van der Waals surface area contributed by atoms with Gasteiger partial charge in [0.25, 0.3) is 5.69 Å². The Morgan fingerprint density at radius 1 is 0.979 bits per heavy atom. The van der Waals surface area contributed by atoms with Crippen molar-refractivity contribution < 1.29 is 24.0 Å². The third kappa shape index (κ3) is 7.96. The summed E-state index contributed by atoms with van der Waals surface area (Å²) in [7, 11) is 0. The van der Waals surface area contributed by atoms with Gasteiger partial charge in [0.15, 0.2) is 0 Å². The number of hydrogen-bond acceptors (Lipinski definition) is 8. The van der Waals surface area contributed by atoms with Crippen molar-refractivity contribution in [3.8, 4) is 0 Å². The monoisotopic (exact) mass is 645 g/mol. The fourth-order valence-electron chi connectivity index (χ4n) is 6.83. The highest BCUT2D eigenvalue weighted by molar-refractivity contribution is 6.10. The molecule has 2 aromatic carbocycles. The number of carbonyl (C=O) groups excluding carboxylic acids is 3. The molecule has 252 valence electrons. The van der Waals surface area contributed by atoms with Crippen LogP contribution in [0.25, 0.3) is 0 Å². The maximum atomic E-state index is 13.9. The lowest BCUT2D eigenvalue weighted by Gasteiger charge is -2.40. The summed E-state index contributed by atoms with van der Waals surface area (Å²) >= 11 is 0. The Kier molecular flexibility index (Phi) is 12.4. The molecule has 0 radical (unpaired) electrons. The maximum absolute atomic E-state index is 13.9. The molecular formula is C36H47N5O6. The Morgan fingerprint density at radius 2 is 1.66 bits per heavy atom. The molecule has 11 nitrogen and oxygen atoms in total. The highest BCUT2D eigenvalue weighted by atomic mass is 16.6. The minimum Gasteiger partial charge on any atom is -0.465 e. The molecule has 0 bridgehead atoms. The molecule has 2 aliphatic heterocycles. The number of non-ortho nitro benzene ring substituents is 1. The number of amides is 2. The second-order valence-electron chi connectivity index (χ2n) is 12.0. The van der Waals surface area contributed by atoms with Crippen LogP contribution in [0.2, 0.25) is 0 Å². The number of nitro benzene ring substituents is 1. The molecule has 0 saturated carbocycles. The summed E-state index contributed by atoms with van der Waals surface area (Å²) in [5.74, 6) is -2.04. The van der Waals surface area contributed by atoms with Crippen LogP contribution in [0.5, 0.6) is 0 Å². The second-order valence-corrected chi connectivity index (χ2v) is 12.0. The van der Waals surface area contributed by atoms with Gasteiger partial charge in [-0.25, -0.2) is 0 Å². The van der Waals surface area contributed by atoms with Gasteiger partial charge in [0.05, 0.1) is 22.9 Å². The van der Waals surface area contributed by atoms with Crippen LogP contribution in [0, 0.1) is 16.0 Å². The van der Waals surface area contributed by atoms with Crippen LogP contribution in [0.4, 0.5) is 5.69 Å². The highest BCUT2D eigenvalue weighted by Gasteiger charge is 2.44. The molecule has 0 aliphatic carbocycles. The van der Waals surface area contributed by atoms with Gasteiger partial charge < -0.3 is 20.3 Å². The summed E-state index contributed by atoms with van der Waals surface area (Å²) < 4.78 is 5.51. The zero-order valence-corrected chi connectivity index (χ0v) is 27.9. The molecule has 0 spiro atoms. The van der Waals surface area contributed by atoms with Crippen molar-refractivity contribution in [3.05, 3.63) is 87.1 Å². The van der Waals surface area contributed by atoms with Crippen molar-refractivity contribution in [1.82, 2.24) is 15.5 Å². The van der Waals surface area contributed by atoms with E-state index in [1.807, 2.05) is 58.0 Å². The van der Waals surface area contributed by atoms with Gasteiger partial charge in [-0.15, -0.1) is 0 Å². The number of rotatable bonds is 14. The minimum absolute atomic E-state index is 0.0600. The van der Waals surface area contributed by atoms with Gasteiger partial charge in [-0.1, -0.05) is 56.3 Å². The molecule has 1 fully saturated rings. The van der Waals surface area contributed by atoms with Crippen molar-refractivity contribution in [2.75, 3.05) is 39.3 Å². The number of piperidine rings is 1. The van der Waals surface area contributed by atoms with Gasteiger partial charge in [0.1, 0.15) is 0 Å². The van der Waals surface area contributed by atoms with Gasteiger partial charge in [-0.3, -0.25) is 29.5 Å². The number of hydrogen-bond donors (Lipinski definition) is 2. The van der Waals surface area contributed by atoms with Crippen molar-refractivity contribution >= 4 is 29.2 Å². The van der Waals surface area contributed by atoms with E-state index >= 15 is 0 Å². The van der Waals surface area contributed by atoms with Gasteiger partial charge in [0, 0.05) is 48.1 Å². The molecular weight excluding hydrogens is 598 g/mol. The lowest BCUT2D eigenvalue weighted by molar-refractivity contribution is -0.384. The summed E-state index contributed by atoms with van der Waals surface area (Å²) in [5, 5.41) is 17.3. The van der Waals surface area contributed by atoms with E-state index in [1.165, 1.54) is 12.1 Å². The normalized spacial score (nSPS) is 19.4. The van der Waals surface area contributed by atoms with E-state index in [1.54, 1.807) is 12.1 Å². The Bertz CT molecular complexity index is 1480. The second kappa shape index (κ2) is 16.4. The standard InChI is InChI=1S/C36H47N5O6/c1-5-28-31(33(42)37-7-3)30(25-15-17-27(18-16-25)41(45)46)32(29(6-2)39-28)34(43)38-21-12-22-40-23-19-36(20-24-40,35(44)47-8-4)26-13-10-9-11-14-26/h9-11,13-18,30-31H,5-8,12,19-24H2,1-4H3,(H,37,42)(H,38,43). The number of benzene rings is 2. The first-order chi connectivity index (χ1) is 22.7. The van der Waals surface area contributed by atoms with E-state index in [0.717, 1.165) is 25.2 Å². The van der Waals surface area contributed by atoms with Crippen LogP contribution >= 0.6 is 0 Å². The molecule has 2 aromatic rings. The SMILES string of the molecule is CCNC(=O)C1C(CC)=NC(CC)=C(C(=O)NCCCN2CCC(C(=O)OCC)(c3ccccc3)CC2)C1c1ccc([N+](=O)[O-])cc1. The van der Waals surface area contributed by atoms with Crippen molar-refractivity contribution in [2.24, 2.45) is 10.9 Å². The summed E-state index contributed by atoms with van der Waals surface area (Å²) in [6.07, 6.45) is 3.04. The molecule has 2 unspecified atom stereocenters. The quantitative estimate of drug-likeness (QED) is 0.127. The zero-order chi connectivity index (χ0) is 34.0. The highest BCUT2D eigenvalue weighted by Crippen LogP contribution is 2.41. The van der Waals surface area contributed by atoms with Crippen LogP contribution in [-0.2, 0) is 24.5 Å². The van der Waals surface area contributed by atoms with Crippen LogP contribution in [-0.4, -0.2) is 72.6 Å². The molecule has 2 amide bonds. The number of nitrogens with one attached hydrogen (secondary N) is 2. The molecule has 1 saturated heterocycles. The largest absolute Gasteiger partial charge is 0.465 e. The van der Waals surface area contributed by atoms with E-state index in [0.29, 0.717) is 74.3 Å². The van der Waals surface area contributed by atoms with Gasteiger partial charge in [-0.05, 0) is 76.7 Å². The average Bonchev–Trinajstić information content (AvgIpc) is 3.09.